The van der Waals surface area contributed by atoms with E-state index < -0.39 is 24.0 Å². The standard InChI is InChI=1S/C14H16ClNO6/c1-20-10-3-2-8(6-9(10)15)12(14(18)19)16-13(17)11-7-21-4-5-22-11/h2-3,6,11-12H,4-5,7H2,1H3,(H,16,17)(H,18,19)/t11-,12+/m0/s1. The zero-order chi connectivity index (χ0) is 16.1. The van der Waals surface area contributed by atoms with Gasteiger partial charge in [-0.2, -0.15) is 0 Å². The van der Waals surface area contributed by atoms with Crippen molar-refractivity contribution in [3.8, 4) is 5.75 Å². The molecule has 0 aliphatic carbocycles. The molecule has 1 amide bonds. The second kappa shape index (κ2) is 7.44. The molecular weight excluding hydrogens is 314 g/mol. The van der Waals surface area contributed by atoms with Gasteiger partial charge >= 0.3 is 5.97 Å². The van der Waals surface area contributed by atoms with Crippen LogP contribution in [0.4, 0.5) is 0 Å². The molecule has 1 aliphatic heterocycles. The highest BCUT2D eigenvalue weighted by molar-refractivity contribution is 6.32. The van der Waals surface area contributed by atoms with Crippen molar-refractivity contribution < 1.29 is 28.9 Å². The molecule has 8 heteroatoms. The Morgan fingerprint density at radius 2 is 2.23 bits per heavy atom. The molecular formula is C14H16ClNO6. The number of carbonyl (C=O) groups excluding carboxylic acids is 1. The molecule has 1 aromatic rings. The number of nitrogens with one attached hydrogen (secondary N) is 1. The summed E-state index contributed by atoms with van der Waals surface area (Å²) >= 11 is 5.99. The normalized spacial score (nSPS) is 19.3. The van der Waals surface area contributed by atoms with Crippen LogP contribution in [0.25, 0.3) is 0 Å². The molecule has 1 fully saturated rings. The number of carboxylic acids is 1. The molecule has 7 nitrogen and oxygen atoms in total. The highest BCUT2D eigenvalue weighted by Crippen LogP contribution is 2.27. The summed E-state index contributed by atoms with van der Waals surface area (Å²) in [4.78, 5) is 23.5. The number of aliphatic carboxylic acids is 1. The fraction of sp³-hybridized carbons (Fsp3) is 0.429. The van der Waals surface area contributed by atoms with Gasteiger partial charge in [-0.25, -0.2) is 4.79 Å². The molecule has 0 saturated carbocycles. The van der Waals surface area contributed by atoms with Crippen molar-refractivity contribution in [1.29, 1.82) is 0 Å². The SMILES string of the molecule is COc1ccc([C@@H](NC(=O)[C@@H]2COCCO2)C(=O)O)cc1Cl. The summed E-state index contributed by atoms with van der Waals surface area (Å²) in [5, 5.41) is 12.0. The zero-order valence-electron chi connectivity index (χ0n) is 11.9. The van der Waals surface area contributed by atoms with Gasteiger partial charge in [0.25, 0.3) is 5.91 Å². The lowest BCUT2D eigenvalue weighted by atomic mass is 10.1. The molecule has 120 valence electrons. The van der Waals surface area contributed by atoms with E-state index >= 15 is 0 Å². The minimum absolute atomic E-state index is 0.0988. The van der Waals surface area contributed by atoms with Gasteiger partial charge in [0, 0.05) is 0 Å². The third-order valence-electron chi connectivity index (χ3n) is 3.15. The number of rotatable bonds is 5. The van der Waals surface area contributed by atoms with E-state index in [1.54, 1.807) is 6.07 Å². The lowest BCUT2D eigenvalue weighted by molar-refractivity contribution is -0.152. The van der Waals surface area contributed by atoms with Crippen molar-refractivity contribution >= 4 is 23.5 Å². The van der Waals surface area contributed by atoms with E-state index in [1.807, 2.05) is 0 Å². The van der Waals surface area contributed by atoms with E-state index in [1.165, 1.54) is 19.2 Å². The van der Waals surface area contributed by atoms with Crippen molar-refractivity contribution in [3.63, 3.8) is 0 Å². The van der Waals surface area contributed by atoms with E-state index in [-0.39, 0.29) is 11.6 Å². The van der Waals surface area contributed by atoms with E-state index in [9.17, 15) is 14.7 Å². The highest BCUT2D eigenvalue weighted by atomic mass is 35.5. The molecule has 2 rings (SSSR count). The van der Waals surface area contributed by atoms with E-state index in [2.05, 4.69) is 5.32 Å². The molecule has 2 N–H and O–H groups in total. The zero-order valence-corrected chi connectivity index (χ0v) is 12.6. The Labute approximate surface area is 132 Å². The summed E-state index contributed by atoms with van der Waals surface area (Å²) in [5.74, 6) is -1.32. The van der Waals surface area contributed by atoms with Crippen LogP contribution in [0.15, 0.2) is 18.2 Å². The highest BCUT2D eigenvalue weighted by Gasteiger charge is 2.29. The van der Waals surface area contributed by atoms with Gasteiger partial charge < -0.3 is 24.6 Å². The van der Waals surface area contributed by atoms with E-state index in [4.69, 9.17) is 25.8 Å². The lowest BCUT2D eigenvalue weighted by Crippen LogP contribution is -2.45. The summed E-state index contributed by atoms with van der Waals surface area (Å²) in [6.07, 6.45) is -0.815. The first kappa shape index (κ1) is 16.5. The Balaban J connectivity index is 2.14. The van der Waals surface area contributed by atoms with Crippen molar-refractivity contribution in [1.82, 2.24) is 5.32 Å². The van der Waals surface area contributed by atoms with Crippen molar-refractivity contribution in [2.75, 3.05) is 26.9 Å². The Morgan fingerprint density at radius 3 is 2.77 bits per heavy atom. The van der Waals surface area contributed by atoms with Gasteiger partial charge in [0.2, 0.25) is 0 Å². The van der Waals surface area contributed by atoms with E-state index in [0.29, 0.717) is 24.5 Å². The van der Waals surface area contributed by atoms with Crippen LogP contribution < -0.4 is 10.1 Å². The summed E-state index contributed by atoms with van der Waals surface area (Å²) in [6, 6.07) is 3.28. The molecule has 0 unspecified atom stereocenters. The van der Waals surface area contributed by atoms with Gasteiger partial charge in [0.15, 0.2) is 12.1 Å². The Kier molecular flexibility index (Phi) is 5.59. The maximum absolute atomic E-state index is 12.1. The molecule has 0 spiro atoms. The van der Waals surface area contributed by atoms with Crippen LogP contribution in [0.5, 0.6) is 5.75 Å². The second-order valence-electron chi connectivity index (χ2n) is 4.61. The Bertz CT molecular complexity index is 558. The summed E-state index contributed by atoms with van der Waals surface area (Å²) in [6.45, 7) is 0.811. The number of hydrogen-bond donors (Lipinski definition) is 2. The second-order valence-corrected chi connectivity index (χ2v) is 5.02. The van der Waals surface area contributed by atoms with Gasteiger partial charge in [-0.05, 0) is 17.7 Å². The van der Waals surface area contributed by atoms with Gasteiger partial charge in [-0.1, -0.05) is 17.7 Å². The fourth-order valence-corrected chi connectivity index (χ4v) is 2.29. The number of amides is 1. The minimum Gasteiger partial charge on any atom is -0.495 e. The number of carbonyl (C=O) groups is 2. The number of carboxylic acid groups (broad SMARTS) is 1. The molecule has 1 aromatic carbocycles. The number of hydrogen-bond acceptors (Lipinski definition) is 5. The molecule has 1 saturated heterocycles. The summed E-state index contributed by atoms with van der Waals surface area (Å²) < 4.78 is 15.4. The quantitative estimate of drug-likeness (QED) is 0.837. The molecule has 0 bridgehead atoms. The average molecular weight is 330 g/mol. The smallest absolute Gasteiger partial charge is 0.330 e. The average Bonchev–Trinajstić information content (AvgIpc) is 2.52. The maximum atomic E-state index is 12.1. The number of halogens is 1. The van der Waals surface area contributed by atoms with Gasteiger partial charge in [0.05, 0.1) is 32.0 Å². The Morgan fingerprint density at radius 1 is 1.45 bits per heavy atom. The first-order chi connectivity index (χ1) is 10.5. The van der Waals surface area contributed by atoms with Crippen LogP contribution >= 0.6 is 11.6 Å². The van der Waals surface area contributed by atoms with Gasteiger partial charge in [0.1, 0.15) is 5.75 Å². The molecule has 1 heterocycles. The first-order valence-corrected chi connectivity index (χ1v) is 6.96. The van der Waals surface area contributed by atoms with Crippen LogP contribution in [0.2, 0.25) is 5.02 Å². The predicted octanol–water partition coefficient (Wildman–Crippen LogP) is 1.01. The molecule has 2 atom stereocenters. The van der Waals surface area contributed by atoms with Crippen LogP contribution in [0, 0.1) is 0 Å². The predicted molar refractivity (Wildman–Crippen MR) is 77.1 cm³/mol. The number of benzene rings is 1. The van der Waals surface area contributed by atoms with Crippen LogP contribution in [-0.4, -0.2) is 50.0 Å². The molecule has 1 aliphatic rings. The number of methoxy groups -OCH3 is 1. The third-order valence-corrected chi connectivity index (χ3v) is 3.45. The third kappa shape index (κ3) is 3.88. The molecule has 0 aromatic heterocycles. The monoisotopic (exact) mass is 329 g/mol. The lowest BCUT2D eigenvalue weighted by Gasteiger charge is -2.24. The van der Waals surface area contributed by atoms with Crippen LogP contribution in [-0.2, 0) is 19.1 Å². The topological polar surface area (TPSA) is 94.1 Å². The van der Waals surface area contributed by atoms with Gasteiger partial charge in [-0.3, -0.25) is 4.79 Å². The number of ether oxygens (including phenoxy) is 3. The van der Waals surface area contributed by atoms with E-state index in [0.717, 1.165) is 0 Å². The fourth-order valence-electron chi connectivity index (χ4n) is 2.02. The van der Waals surface area contributed by atoms with Crippen molar-refractivity contribution in [2.45, 2.75) is 12.1 Å². The first-order valence-electron chi connectivity index (χ1n) is 6.59. The molecule has 0 radical (unpaired) electrons. The summed E-state index contributed by atoms with van der Waals surface area (Å²) in [7, 11) is 1.46. The molecule has 22 heavy (non-hydrogen) atoms. The Hall–Kier alpha value is -1.83. The van der Waals surface area contributed by atoms with Crippen molar-refractivity contribution in [2.24, 2.45) is 0 Å². The van der Waals surface area contributed by atoms with Crippen molar-refractivity contribution in [3.05, 3.63) is 28.8 Å². The van der Waals surface area contributed by atoms with Crippen LogP contribution in [0.1, 0.15) is 11.6 Å². The minimum atomic E-state index is -1.23. The largest absolute Gasteiger partial charge is 0.495 e. The van der Waals surface area contributed by atoms with Crippen LogP contribution in [0.3, 0.4) is 0 Å². The van der Waals surface area contributed by atoms with Gasteiger partial charge in [-0.15, -0.1) is 0 Å². The summed E-state index contributed by atoms with van der Waals surface area (Å²) in [5.41, 5.74) is 0.336. The maximum Gasteiger partial charge on any atom is 0.330 e.